The van der Waals surface area contributed by atoms with E-state index >= 15 is 0 Å². The molecule has 4 nitrogen and oxygen atoms in total. The van der Waals surface area contributed by atoms with Gasteiger partial charge in [-0.1, -0.05) is 23.2 Å². The second-order valence-electron chi connectivity index (χ2n) is 4.05. The van der Waals surface area contributed by atoms with Crippen LogP contribution in [0.2, 0.25) is 10.0 Å². The maximum Gasteiger partial charge on any atom is 0.347 e. The van der Waals surface area contributed by atoms with E-state index in [0.717, 1.165) is 24.1 Å². The van der Waals surface area contributed by atoms with E-state index in [0.29, 0.717) is 21.6 Å². The van der Waals surface area contributed by atoms with E-state index in [2.05, 4.69) is 15.3 Å². The van der Waals surface area contributed by atoms with E-state index in [1.807, 2.05) is 0 Å². The monoisotopic (exact) mass is 281 g/mol. The molecular weight excluding hydrogens is 273 g/mol. The molecule has 3 rings (SSSR count). The van der Waals surface area contributed by atoms with E-state index in [-0.39, 0.29) is 0 Å². The first kappa shape index (κ1) is 11.6. The summed E-state index contributed by atoms with van der Waals surface area (Å²) in [7, 11) is 0. The third-order valence-electron chi connectivity index (χ3n) is 2.90. The maximum atomic E-state index is 11.5. The summed E-state index contributed by atoms with van der Waals surface area (Å²) in [5.41, 5.74) is 2.00. The second kappa shape index (κ2) is 4.30. The summed E-state index contributed by atoms with van der Waals surface area (Å²) in [6.07, 6.45) is 0.803. The molecule has 0 radical (unpaired) electrons. The molecule has 0 amide bonds. The summed E-state index contributed by atoms with van der Waals surface area (Å²) in [4.78, 5) is 18.2. The first-order chi connectivity index (χ1) is 8.65. The number of aromatic nitrogens is 2. The predicted octanol–water partition coefficient (Wildman–Crippen LogP) is 2.71. The fourth-order valence-electron chi connectivity index (χ4n) is 2.11. The third kappa shape index (κ3) is 1.87. The highest BCUT2D eigenvalue weighted by molar-refractivity contribution is 6.35. The molecule has 92 valence electrons. The van der Waals surface area contributed by atoms with Gasteiger partial charge in [0.15, 0.2) is 0 Å². The normalized spacial score (nSPS) is 13.2. The van der Waals surface area contributed by atoms with Crippen molar-refractivity contribution < 1.29 is 0 Å². The number of fused-ring (bicyclic) bond motifs is 1. The minimum atomic E-state index is -0.394. The standard InChI is InChI=1S/C12H9Cl2N3O/c13-6-1-2-9(14)8(5-6)10-7-3-4-15-11(7)17-12(18)16-10/h1-2,5H,3-4H2,(H2,15,16,17,18). The minimum Gasteiger partial charge on any atom is -0.369 e. The van der Waals surface area contributed by atoms with Gasteiger partial charge in [-0.3, -0.25) is 0 Å². The highest BCUT2D eigenvalue weighted by Gasteiger charge is 2.19. The molecule has 0 fully saturated rings. The Morgan fingerprint density at radius 2 is 2.11 bits per heavy atom. The van der Waals surface area contributed by atoms with Crippen molar-refractivity contribution in [2.24, 2.45) is 0 Å². The SMILES string of the molecule is O=c1nc2c(c(-c3cc(Cl)ccc3Cl)[nH]1)CCN2. The van der Waals surface area contributed by atoms with Gasteiger partial charge in [0.05, 0.1) is 5.69 Å². The van der Waals surface area contributed by atoms with Crippen LogP contribution < -0.4 is 11.0 Å². The van der Waals surface area contributed by atoms with E-state index in [9.17, 15) is 4.79 Å². The lowest BCUT2D eigenvalue weighted by Crippen LogP contribution is -2.13. The van der Waals surface area contributed by atoms with Gasteiger partial charge in [0.25, 0.3) is 0 Å². The second-order valence-corrected chi connectivity index (χ2v) is 4.89. The van der Waals surface area contributed by atoms with Crippen LogP contribution in [-0.4, -0.2) is 16.5 Å². The van der Waals surface area contributed by atoms with Gasteiger partial charge in [-0.15, -0.1) is 0 Å². The maximum absolute atomic E-state index is 11.5. The van der Waals surface area contributed by atoms with Crippen molar-refractivity contribution >= 4 is 29.0 Å². The van der Waals surface area contributed by atoms with Gasteiger partial charge in [-0.2, -0.15) is 4.98 Å². The molecule has 0 saturated carbocycles. The van der Waals surface area contributed by atoms with Gasteiger partial charge in [-0.05, 0) is 24.6 Å². The lowest BCUT2D eigenvalue weighted by atomic mass is 10.1. The molecule has 0 saturated heterocycles. The van der Waals surface area contributed by atoms with E-state index in [1.165, 1.54) is 0 Å². The summed E-state index contributed by atoms with van der Waals surface area (Å²) in [6.45, 7) is 0.769. The molecule has 0 bridgehead atoms. The van der Waals surface area contributed by atoms with Crippen LogP contribution in [0.1, 0.15) is 5.56 Å². The lowest BCUT2D eigenvalue weighted by Gasteiger charge is -2.09. The Hall–Kier alpha value is -1.52. The smallest absolute Gasteiger partial charge is 0.347 e. The van der Waals surface area contributed by atoms with Gasteiger partial charge < -0.3 is 10.3 Å². The third-order valence-corrected chi connectivity index (χ3v) is 3.46. The summed E-state index contributed by atoms with van der Waals surface area (Å²) in [5.74, 6) is 0.629. The number of aromatic amines is 1. The zero-order chi connectivity index (χ0) is 12.7. The Kier molecular flexibility index (Phi) is 2.76. The highest BCUT2D eigenvalue weighted by atomic mass is 35.5. The Morgan fingerprint density at radius 3 is 2.94 bits per heavy atom. The number of nitrogens with one attached hydrogen (secondary N) is 2. The number of hydrogen-bond donors (Lipinski definition) is 2. The number of nitrogens with zero attached hydrogens (tertiary/aromatic N) is 1. The lowest BCUT2D eigenvalue weighted by molar-refractivity contribution is 1.06. The summed E-state index contributed by atoms with van der Waals surface area (Å²) >= 11 is 12.1. The van der Waals surface area contributed by atoms with Crippen LogP contribution in [0.5, 0.6) is 0 Å². The zero-order valence-corrected chi connectivity index (χ0v) is 10.8. The number of anilines is 1. The number of hydrogen-bond acceptors (Lipinski definition) is 3. The molecule has 1 aromatic carbocycles. The van der Waals surface area contributed by atoms with Crippen LogP contribution in [0.15, 0.2) is 23.0 Å². The van der Waals surface area contributed by atoms with Gasteiger partial charge in [0.2, 0.25) is 0 Å². The fourth-order valence-corrected chi connectivity index (χ4v) is 2.50. The molecule has 1 aliphatic heterocycles. The zero-order valence-electron chi connectivity index (χ0n) is 9.26. The van der Waals surface area contributed by atoms with Crippen molar-refractivity contribution in [3.05, 3.63) is 44.3 Å². The average Bonchev–Trinajstić information content (AvgIpc) is 2.79. The molecule has 0 aliphatic carbocycles. The van der Waals surface area contributed by atoms with Crippen molar-refractivity contribution in [1.82, 2.24) is 9.97 Å². The van der Waals surface area contributed by atoms with Crippen molar-refractivity contribution in [1.29, 1.82) is 0 Å². The Balaban J connectivity index is 2.29. The van der Waals surface area contributed by atoms with Crippen molar-refractivity contribution in [2.75, 3.05) is 11.9 Å². The van der Waals surface area contributed by atoms with Crippen LogP contribution in [0.3, 0.4) is 0 Å². The van der Waals surface area contributed by atoms with Crippen LogP contribution in [0.25, 0.3) is 11.3 Å². The van der Waals surface area contributed by atoms with Crippen LogP contribution in [0, 0.1) is 0 Å². The van der Waals surface area contributed by atoms with Gasteiger partial charge in [0.1, 0.15) is 5.82 Å². The largest absolute Gasteiger partial charge is 0.369 e. The summed E-state index contributed by atoms with van der Waals surface area (Å²) in [5, 5.41) is 4.20. The highest BCUT2D eigenvalue weighted by Crippen LogP contribution is 2.34. The molecular formula is C12H9Cl2N3O. The molecule has 1 aliphatic rings. The minimum absolute atomic E-state index is 0.394. The first-order valence-electron chi connectivity index (χ1n) is 5.47. The Bertz CT molecular complexity index is 682. The molecule has 1 aromatic heterocycles. The van der Waals surface area contributed by atoms with Gasteiger partial charge in [-0.25, -0.2) is 4.79 Å². The van der Waals surface area contributed by atoms with Crippen molar-refractivity contribution in [3.8, 4) is 11.3 Å². The van der Waals surface area contributed by atoms with Crippen molar-refractivity contribution in [2.45, 2.75) is 6.42 Å². The first-order valence-corrected chi connectivity index (χ1v) is 6.23. The Morgan fingerprint density at radius 1 is 1.28 bits per heavy atom. The number of H-pyrrole nitrogens is 1. The molecule has 2 heterocycles. The van der Waals surface area contributed by atoms with Crippen molar-refractivity contribution in [3.63, 3.8) is 0 Å². The van der Waals surface area contributed by atoms with Crippen LogP contribution in [-0.2, 0) is 6.42 Å². The van der Waals surface area contributed by atoms with E-state index in [4.69, 9.17) is 23.2 Å². The Labute approximate surface area is 113 Å². The van der Waals surface area contributed by atoms with E-state index < -0.39 is 5.69 Å². The molecule has 2 N–H and O–H groups in total. The number of halogens is 2. The molecule has 0 atom stereocenters. The fraction of sp³-hybridized carbons (Fsp3) is 0.167. The van der Waals surface area contributed by atoms with Gasteiger partial charge >= 0.3 is 5.69 Å². The van der Waals surface area contributed by atoms with Crippen LogP contribution in [0.4, 0.5) is 5.82 Å². The summed E-state index contributed by atoms with van der Waals surface area (Å²) in [6, 6.07) is 5.17. The quantitative estimate of drug-likeness (QED) is 0.845. The van der Waals surface area contributed by atoms with Crippen LogP contribution >= 0.6 is 23.2 Å². The molecule has 18 heavy (non-hydrogen) atoms. The number of rotatable bonds is 1. The molecule has 0 unspecified atom stereocenters. The molecule has 6 heteroatoms. The average molecular weight is 282 g/mol. The predicted molar refractivity (Wildman–Crippen MR) is 72.5 cm³/mol. The topological polar surface area (TPSA) is 57.8 Å². The molecule has 2 aromatic rings. The summed E-state index contributed by atoms with van der Waals surface area (Å²) < 4.78 is 0. The molecule has 0 spiro atoms. The van der Waals surface area contributed by atoms with E-state index in [1.54, 1.807) is 18.2 Å². The van der Waals surface area contributed by atoms with Gasteiger partial charge in [0, 0.05) is 27.7 Å². The number of benzene rings is 1.